The lowest BCUT2D eigenvalue weighted by atomic mass is 9.92. The van der Waals surface area contributed by atoms with Crippen molar-refractivity contribution in [2.24, 2.45) is 5.73 Å². The van der Waals surface area contributed by atoms with E-state index >= 15 is 0 Å². The third-order valence-electron chi connectivity index (χ3n) is 4.21. The Hall–Kier alpha value is -2.82. The Balaban J connectivity index is 2.09. The van der Waals surface area contributed by atoms with E-state index in [0.29, 0.717) is 28.1 Å². The number of allylic oxidation sites excluding steroid dienone is 2. The second-order valence-corrected chi connectivity index (χ2v) is 5.93. The zero-order valence-corrected chi connectivity index (χ0v) is 13.5. The first-order chi connectivity index (χ1) is 11.4. The molecule has 0 radical (unpaired) electrons. The van der Waals surface area contributed by atoms with Crippen LogP contribution >= 0.6 is 0 Å². The van der Waals surface area contributed by atoms with Crippen LogP contribution in [0.3, 0.4) is 0 Å². The summed E-state index contributed by atoms with van der Waals surface area (Å²) in [5, 5.41) is 6.37. The molecule has 3 nitrogen and oxygen atoms in total. The van der Waals surface area contributed by atoms with Crippen LogP contribution in [0.25, 0.3) is 0 Å². The zero-order valence-electron chi connectivity index (χ0n) is 13.5. The lowest BCUT2D eigenvalue weighted by Gasteiger charge is -2.38. The van der Waals surface area contributed by atoms with Gasteiger partial charge in [-0.3, -0.25) is 0 Å². The molecule has 0 saturated heterocycles. The fourth-order valence-corrected chi connectivity index (χ4v) is 2.68. The number of hydrogen-bond acceptors (Lipinski definition) is 3. The smallest absolute Gasteiger partial charge is 0.175 e. The number of anilines is 1. The molecule has 4 N–H and O–H groups in total. The van der Waals surface area contributed by atoms with Crippen molar-refractivity contribution in [3.8, 4) is 0 Å². The van der Waals surface area contributed by atoms with Crippen LogP contribution in [0, 0.1) is 25.5 Å². The van der Waals surface area contributed by atoms with Crippen LogP contribution in [0.2, 0.25) is 0 Å². The van der Waals surface area contributed by atoms with Crippen LogP contribution in [0.4, 0.5) is 14.5 Å². The standard InChI is InChI=1S/C19H19F2N3/c1-12-5-7-14(10-16(12)20)19(18(22)4-3-9-23-19)24-15-8-6-13(2)17(21)11-15/h3-11,23-24H,22H2,1-2H3. The molecule has 2 aromatic carbocycles. The van der Waals surface area contributed by atoms with E-state index in [9.17, 15) is 8.78 Å². The molecule has 0 aromatic heterocycles. The van der Waals surface area contributed by atoms with Gasteiger partial charge in [0.2, 0.25) is 0 Å². The van der Waals surface area contributed by atoms with Crippen molar-refractivity contribution in [3.05, 3.63) is 88.8 Å². The first-order valence-corrected chi connectivity index (χ1v) is 7.64. The Bertz CT molecular complexity index is 843. The third kappa shape index (κ3) is 2.73. The normalized spacial score (nSPS) is 19.6. The zero-order chi connectivity index (χ0) is 17.3. The van der Waals surface area contributed by atoms with Gasteiger partial charge in [0, 0.05) is 11.3 Å². The second-order valence-electron chi connectivity index (χ2n) is 5.93. The maximum atomic E-state index is 14.1. The summed E-state index contributed by atoms with van der Waals surface area (Å²) in [6, 6.07) is 9.76. The molecule has 5 heteroatoms. The number of dihydropyridines is 1. The van der Waals surface area contributed by atoms with Crippen molar-refractivity contribution in [3.63, 3.8) is 0 Å². The van der Waals surface area contributed by atoms with E-state index in [2.05, 4.69) is 10.6 Å². The minimum Gasteiger partial charge on any atom is -0.398 e. The molecule has 0 bridgehead atoms. The molecule has 0 spiro atoms. The van der Waals surface area contributed by atoms with Crippen LogP contribution in [-0.2, 0) is 5.66 Å². The fourth-order valence-electron chi connectivity index (χ4n) is 2.68. The molecule has 0 amide bonds. The van der Waals surface area contributed by atoms with E-state index in [1.165, 1.54) is 12.1 Å². The van der Waals surface area contributed by atoms with Crippen molar-refractivity contribution >= 4 is 5.69 Å². The Morgan fingerprint density at radius 3 is 2.29 bits per heavy atom. The average Bonchev–Trinajstić information content (AvgIpc) is 2.56. The molecule has 1 aliphatic heterocycles. The molecule has 0 aliphatic carbocycles. The predicted octanol–water partition coefficient (Wildman–Crippen LogP) is 3.81. The number of hydrogen-bond donors (Lipinski definition) is 3. The number of rotatable bonds is 3. The molecule has 124 valence electrons. The molecule has 3 rings (SSSR count). The van der Waals surface area contributed by atoms with Crippen LogP contribution in [0.5, 0.6) is 0 Å². The summed E-state index contributed by atoms with van der Waals surface area (Å²) in [7, 11) is 0. The molecule has 1 atom stereocenters. The number of halogens is 2. The van der Waals surface area contributed by atoms with Crippen molar-refractivity contribution in [2.75, 3.05) is 5.32 Å². The molecule has 1 unspecified atom stereocenters. The summed E-state index contributed by atoms with van der Waals surface area (Å²) in [6.07, 6.45) is 5.20. The second kappa shape index (κ2) is 6.00. The van der Waals surface area contributed by atoms with E-state index in [-0.39, 0.29) is 11.6 Å². The predicted molar refractivity (Wildman–Crippen MR) is 92.1 cm³/mol. The van der Waals surface area contributed by atoms with E-state index < -0.39 is 5.66 Å². The first-order valence-electron chi connectivity index (χ1n) is 7.64. The maximum Gasteiger partial charge on any atom is 0.175 e. The van der Waals surface area contributed by atoms with Crippen LogP contribution in [0.15, 0.2) is 60.4 Å². The van der Waals surface area contributed by atoms with E-state index in [4.69, 9.17) is 5.73 Å². The van der Waals surface area contributed by atoms with Gasteiger partial charge in [-0.15, -0.1) is 0 Å². The summed E-state index contributed by atoms with van der Waals surface area (Å²) >= 11 is 0. The fraction of sp³-hybridized carbons (Fsp3) is 0.158. The lowest BCUT2D eigenvalue weighted by Crippen LogP contribution is -2.51. The minimum atomic E-state index is -1.05. The molecule has 1 aliphatic rings. The molecule has 0 fully saturated rings. The minimum absolute atomic E-state index is 0.320. The van der Waals surface area contributed by atoms with Gasteiger partial charge in [-0.2, -0.15) is 0 Å². The number of benzene rings is 2. The summed E-state index contributed by atoms with van der Waals surface area (Å²) in [5.41, 5.74) is 7.86. The van der Waals surface area contributed by atoms with Crippen molar-refractivity contribution in [1.29, 1.82) is 0 Å². The largest absolute Gasteiger partial charge is 0.398 e. The lowest BCUT2D eigenvalue weighted by molar-refractivity contribution is 0.494. The van der Waals surface area contributed by atoms with Gasteiger partial charge in [0.25, 0.3) is 0 Å². The quantitative estimate of drug-likeness (QED) is 0.803. The Labute approximate surface area is 139 Å². The van der Waals surface area contributed by atoms with Crippen molar-refractivity contribution < 1.29 is 8.78 Å². The number of nitrogens with one attached hydrogen (secondary N) is 2. The summed E-state index contributed by atoms with van der Waals surface area (Å²) in [5.74, 6) is -0.646. The Morgan fingerprint density at radius 2 is 1.67 bits per heavy atom. The van der Waals surface area contributed by atoms with Crippen molar-refractivity contribution in [2.45, 2.75) is 19.5 Å². The monoisotopic (exact) mass is 327 g/mol. The Morgan fingerprint density at radius 1 is 1.00 bits per heavy atom. The highest BCUT2D eigenvalue weighted by Gasteiger charge is 2.36. The summed E-state index contributed by atoms with van der Waals surface area (Å²) in [6.45, 7) is 3.39. The maximum absolute atomic E-state index is 14.1. The van der Waals surface area contributed by atoms with Gasteiger partial charge < -0.3 is 16.4 Å². The average molecular weight is 327 g/mol. The molecule has 24 heavy (non-hydrogen) atoms. The van der Waals surface area contributed by atoms with Gasteiger partial charge in [0.05, 0.1) is 5.70 Å². The van der Waals surface area contributed by atoms with E-state index in [1.807, 2.05) is 0 Å². The highest BCUT2D eigenvalue weighted by atomic mass is 19.1. The van der Waals surface area contributed by atoms with Gasteiger partial charge in [-0.1, -0.05) is 18.2 Å². The van der Waals surface area contributed by atoms with Gasteiger partial charge in [-0.25, -0.2) is 8.78 Å². The highest BCUT2D eigenvalue weighted by molar-refractivity contribution is 5.54. The van der Waals surface area contributed by atoms with Gasteiger partial charge in [0.15, 0.2) is 5.66 Å². The first kappa shape index (κ1) is 16.1. The number of nitrogens with two attached hydrogens (primary N) is 1. The highest BCUT2D eigenvalue weighted by Crippen LogP contribution is 2.32. The Kier molecular flexibility index (Phi) is 4.01. The topological polar surface area (TPSA) is 50.1 Å². The van der Waals surface area contributed by atoms with Gasteiger partial charge >= 0.3 is 0 Å². The van der Waals surface area contributed by atoms with Gasteiger partial charge in [0.1, 0.15) is 11.6 Å². The van der Waals surface area contributed by atoms with Crippen LogP contribution in [-0.4, -0.2) is 0 Å². The summed E-state index contributed by atoms with van der Waals surface area (Å²) < 4.78 is 28.0. The molecule has 1 heterocycles. The third-order valence-corrected chi connectivity index (χ3v) is 4.21. The van der Waals surface area contributed by atoms with Crippen molar-refractivity contribution in [1.82, 2.24) is 5.32 Å². The molecule has 2 aromatic rings. The van der Waals surface area contributed by atoms with E-state index in [0.717, 1.165) is 0 Å². The summed E-state index contributed by atoms with van der Waals surface area (Å²) in [4.78, 5) is 0. The number of aryl methyl sites for hydroxylation is 2. The molecular weight excluding hydrogens is 308 g/mol. The van der Waals surface area contributed by atoms with E-state index in [1.54, 1.807) is 56.5 Å². The molecular formula is C19H19F2N3. The van der Waals surface area contributed by atoms with Gasteiger partial charge in [-0.05, 0) is 61.5 Å². The SMILES string of the molecule is Cc1ccc(NC2(c3ccc(C)c(F)c3)NC=CC=C2N)cc1F. The van der Waals surface area contributed by atoms with Crippen LogP contribution < -0.4 is 16.4 Å². The van der Waals surface area contributed by atoms with Crippen LogP contribution in [0.1, 0.15) is 16.7 Å². The molecule has 0 saturated carbocycles.